The normalized spacial score (nSPS) is 12.0. The minimum Gasteiger partial charge on any atom is -0.462 e. The zero-order valence-corrected chi connectivity index (χ0v) is 27.1. The Morgan fingerprint density at radius 2 is 0.825 bits per heavy atom. The van der Waals surface area contributed by atoms with Crippen LogP contribution in [-0.4, -0.2) is 37.9 Å². The van der Waals surface area contributed by atoms with Gasteiger partial charge >= 0.3 is 11.9 Å². The van der Waals surface area contributed by atoms with Crippen molar-refractivity contribution in [2.75, 3.05) is 19.8 Å². The third-order valence-corrected chi connectivity index (χ3v) is 7.64. The lowest BCUT2D eigenvalue weighted by molar-refractivity contribution is -0.163. The maximum Gasteiger partial charge on any atom is 0.306 e. The molecule has 0 rings (SSSR count). The predicted molar refractivity (Wildman–Crippen MR) is 169 cm³/mol. The van der Waals surface area contributed by atoms with Crippen LogP contribution < -0.4 is 0 Å². The first-order valence-corrected chi connectivity index (χ1v) is 17.6. The molecule has 0 aliphatic rings. The molecule has 1 atom stereocenters. The van der Waals surface area contributed by atoms with E-state index >= 15 is 0 Å². The summed E-state index contributed by atoms with van der Waals surface area (Å²) in [5, 5.41) is 0. The van der Waals surface area contributed by atoms with Crippen molar-refractivity contribution in [3.63, 3.8) is 0 Å². The monoisotopic (exact) mass is 569 g/mol. The standard InChI is InChI=1S/C35H68O5/c1-4-7-10-13-15-16-17-18-19-20-21-23-25-28-34(36)39-32-33(31-38-30-27-24-14-11-8-5-2)40-35(37)29-26-22-12-9-6-3/h33H,4-32H2,1-3H3. The summed E-state index contributed by atoms with van der Waals surface area (Å²) in [4.78, 5) is 24.7. The van der Waals surface area contributed by atoms with Gasteiger partial charge in [0.05, 0.1) is 6.61 Å². The highest BCUT2D eigenvalue weighted by Crippen LogP contribution is 2.14. The second-order valence-corrected chi connectivity index (χ2v) is 11.8. The predicted octanol–water partition coefficient (Wildman–Crippen LogP) is 10.7. The highest BCUT2D eigenvalue weighted by Gasteiger charge is 2.17. The summed E-state index contributed by atoms with van der Waals surface area (Å²) in [6, 6.07) is 0. The molecule has 0 spiro atoms. The van der Waals surface area contributed by atoms with Gasteiger partial charge in [-0.2, -0.15) is 0 Å². The lowest BCUT2D eigenvalue weighted by Crippen LogP contribution is -2.30. The van der Waals surface area contributed by atoms with Gasteiger partial charge in [0.1, 0.15) is 6.61 Å². The van der Waals surface area contributed by atoms with Gasteiger partial charge < -0.3 is 14.2 Å². The fourth-order valence-corrected chi connectivity index (χ4v) is 4.98. The van der Waals surface area contributed by atoms with E-state index in [-0.39, 0.29) is 18.5 Å². The average molecular weight is 569 g/mol. The van der Waals surface area contributed by atoms with Crippen LogP contribution in [0.3, 0.4) is 0 Å². The van der Waals surface area contributed by atoms with E-state index in [9.17, 15) is 9.59 Å². The summed E-state index contributed by atoms with van der Waals surface area (Å²) in [5.41, 5.74) is 0. The summed E-state index contributed by atoms with van der Waals surface area (Å²) in [6.07, 6.45) is 29.7. The van der Waals surface area contributed by atoms with Crippen molar-refractivity contribution in [1.29, 1.82) is 0 Å². The molecule has 238 valence electrons. The summed E-state index contributed by atoms with van der Waals surface area (Å²) < 4.78 is 17.0. The lowest BCUT2D eigenvalue weighted by Gasteiger charge is -2.18. The van der Waals surface area contributed by atoms with E-state index in [0.717, 1.165) is 44.9 Å². The molecular formula is C35H68O5. The van der Waals surface area contributed by atoms with E-state index in [1.807, 2.05) is 0 Å². The van der Waals surface area contributed by atoms with Crippen LogP contribution in [0.1, 0.15) is 188 Å². The summed E-state index contributed by atoms with van der Waals surface area (Å²) >= 11 is 0. The van der Waals surface area contributed by atoms with E-state index in [2.05, 4.69) is 20.8 Å². The number of hydrogen-bond donors (Lipinski definition) is 0. The smallest absolute Gasteiger partial charge is 0.306 e. The second kappa shape index (κ2) is 32.4. The molecule has 0 aromatic heterocycles. The van der Waals surface area contributed by atoms with Crippen LogP contribution in [0.25, 0.3) is 0 Å². The maximum absolute atomic E-state index is 12.4. The minimum absolute atomic E-state index is 0.0926. The van der Waals surface area contributed by atoms with Gasteiger partial charge in [0.2, 0.25) is 0 Å². The Kier molecular flexibility index (Phi) is 31.5. The number of ether oxygens (including phenoxy) is 3. The number of hydrogen-bond acceptors (Lipinski definition) is 5. The highest BCUT2D eigenvalue weighted by atomic mass is 16.6. The Balaban J connectivity index is 4.03. The average Bonchev–Trinajstić information content (AvgIpc) is 2.95. The zero-order valence-electron chi connectivity index (χ0n) is 27.1. The molecule has 0 saturated carbocycles. The van der Waals surface area contributed by atoms with E-state index < -0.39 is 6.10 Å². The second-order valence-electron chi connectivity index (χ2n) is 11.8. The number of esters is 2. The first kappa shape index (κ1) is 38.9. The summed E-state index contributed by atoms with van der Waals surface area (Å²) in [6.45, 7) is 7.72. The Morgan fingerprint density at radius 3 is 1.27 bits per heavy atom. The Morgan fingerprint density at radius 1 is 0.450 bits per heavy atom. The van der Waals surface area contributed by atoms with Crippen molar-refractivity contribution in [2.24, 2.45) is 0 Å². The minimum atomic E-state index is -0.515. The Hall–Kier alpha value is -1.10. The number of carbonyl (C=O) groups is 2. The lowest BCUT2D eigenvalue weighted by atomic mass is 10.0. The van der Waals surface area contributed by atoms with Crippen LogP contribution in [-0.2, 0) is 23.8 Å². The van der Waals surface area contributed by atoms with Gasteiger partial charge in [0.15, 0.2) is 6.10 Å². The maximum atomic E-state index is 12.4. The zero-order chi connectivity index (χ0) is 29.4. The van der Waals surface area contributed by atoms with Crippen molar-refractivity contribution < 1.29 is 23.8 Å². The largest absolute Gasteiger partial charge is 0.462 e. The van der Waals surface area contributed by atoms with Crippen LogP contribution in [0.2, 0.25) is 0 Å². The van der Waals surface area contributed by atoms with Crippen molar-refractivity contribution >= 4 is 11.9 Å². The molecule has 0 aromatic carbocycles. The van der Waals surface area contributed by atoms with Gasteiger partial charge in [-0.1, -0.05) is 156 Å². The molecule has 0 heterocycles. The number of carbonyl (C=O) groups excluding carboxylic acids is 2. The van der Waals surface area contributed by atoms with Gasteiger partial charge in [-0.25, -0.2) is 0 Å². The summed E-state index contributed by atoms with van der Waals surface area (Å²) in [5.74, 6) is -0.406. The van der Waals surface area contributed by atoms with E-state index in [0.29, 0.717) is 26.1 Å². The quantitative estimate of drug-likeness (QED) is 0.0596. The van der Waals surface area contributed by atoms with Gasteiger partial charge in [0, 0.05) is 19.4 Å². The molecular weight excluding hydrogens is 500 g/mol. The molecule has 0 radical (unpaired) electrons. The fourth-order valence-electron chi connectivity index (χ4n) is 4.98. The number of rotatable bonds is 32. The summed E-state index contributed by atoms with van der Waals surface area (Å²) in [7, 11) is 0. The highest BCUT2D eigenvalue weighted by molar-refractivity contribution is 5.70. The molecule has 5 nitrogen and oxygen atoms in total. The van der Waals surface area contributed by atoms with Crippen molar-refractivity contribution in [3.05, 3.63) is 0 Å². The van der Waals surface area contributed by atoms with Crippen molar-refractivity contribution in [2.45, 2.75) is 194 Å². The molecule has 5 heteroatoms. The molecule has 0 saturated heterocycles. The Labute approximate surface area is 249 Å². The van der Waals surface area contributed by atoms with E-state index in [1.165, 1.54) is 109 Å². The van der Waals surface area contributed by atoms with Crippen molar-refractivity contribution in [1.82, 2.24) is 0 Å². The number of unbranched alkanes of at least 4 members (excludes halogenated alkanes) is 21. The molecule has 0 aromatic rings. The van der Waals surface area contributed by atoms with Gasteiger partial charge in [-0.3, -0.25) is 9.59 Å². The van der Waals surface area contributed by atoms with Gasteiger partial charge in [-0.15, -0.1) is 0 Å². The van der Waals surface area contributed by atoms with Crippen LogP contribution in [0.5, 0.6) is 0 Å². The third kappa shape index (κ3) is 29.9. The van der Waals surface area contributed by atoms with Crippen LogP contribution in [0, 0.1) is 0 Å². The molecule has 0 fully saturated rings. The molecule has 0 N–H and O–H groups in total. The van der Waals surface area contributed by atoms with Gasteiger partial charge in [0.25, 0.3) is 0 Å². The molecule has 40 heavy (non-hydrogen) atoms. The molecule has 0 amide bonds. The SMILES string of the molecule is CCCCCCCCCCCCCCCC(=O)OCC(COCCCCCCCC)OC(=O)CCCCCCC. The topological polar surface area (TPSA) is 61.8 Å². The first-order chi connectivity index (χ1) is 19.6. The Bertz CT molecular complexity index is 536. The van der Waals surface area contributed by atoms with Crippen molar-refractivity contribution in [3.8, 4) is 0 Å². The van der Waals surface area contributed by atoms with E-state index in [4.69, 9.17) is 14.2 Å². The molecule has 0 bridgehead atoms. The first-order valence-electron chi connectivity index (χ1n) is 17.6. The van der Waals surface area contributed by atoms with Crippen LogP contribution in [0.15, 0.2) is 0 Å². The molecule has 0 aliphatic heterocycles. The molecule has 1 unspecified atom stereocenters. The van der Waals surface area contributed by atoms with E-state index in [1.54, 1.807) is 0 Å². The van der Waals surface area contributed by atoms with Crippen LogP contribution >= 0.6 is 0 Å². The fraction of sp³-hybridized carbons (Fsp3) is 0.943. The molecule has 0 aliphatic carbocycles. The third-order valence-electron chi connectivity index (χ3n) is 7.64. The van der Waals surface area contributed by atoms with Gasteiger partial charge in [-0.05, 0) is 19.3 Å². The van der Waals surface area contributed by atoms with Crippen LogP contribution in [0.4, 0.5) is 0 Å².